The minimum absolute atomic E-state index is 0.255. The highest BCUT2D eigenvalue weighted by atomic mass is 16.4. The van der Waals surface area contributed by atoms with E-state index in [1.54, 1.807) is 11.6 Å². The number of fused-ring (bicyclic) bond motifs is 7. The molecule has 4 aliphatic rings. The summed E-state index contributed by atoms with van der Waals surface area (Å²) in [6.07, 6.45) is 10.4. The van der Waals surface area contributed by atoms with E-state index in [0.717, 1.165) is 40.6 Å². The molecule has 2 bridgehead atoms. The molecule has 7 rings (SSSR count). The van der Waals surface area contributed by atoms with Crippen LogP contribution in [0, 0.1) is 18.8 Å². The van der Waals surface area contributed by atoms with E-state index in [9.17, 15) is 9.90 Å². The monoisotopic (exact) mass is 496 g/mol. The fourth-order valence-corrected chi connectivity index (χ4v) is 7.97. The highest BCUT2D eigenvalue weighted by Crippen LogP contribution is 2.46. The molecule has 4 heterocycles. The summed E-state index contributed by atoms with van der Waals surface area (Å²) in [5.41, 5.74) is 5.15. The van der Waals surface area contributed by atoms with Gasteiger partial charge in [-0.2, -0.15) is 0 Å². The van der Waals surface area contributed by atoms with Gasteiger partial charge in [-0.25, -0.2) is 4.79 Å². The van der Waals surface area contributed by atoms with Crippen LogP contribution in [0.2, 0.25) is 0 Å². The summed E-state index contributed by atoms with van der Waals surface area (Å²) in [6, 6.07) is 14.9. The molecule has 2 aromatic carbocycles. The Morgan fingerprint density at radius 1 is 1.08 bits per heavy atom. The fraction of sp³-hybridized carbons (Fsp3) is 0.469. The zero-order chi connectivity index (χ0) is 25.1. The lowest BCUT2D eigenvalue weighted by atomic mass is 9.68. The van der Waals surface area contributed by atoms with Crippen molar-refractivity contribution in [1.82, 2.24) is 9.80 Å². The standard InChI is InChI=1S/C32H36N2O3/c1-20-31(36)25(16-27-26(17-29(35)37-32(20)27)21-8-3-2-4-9-21)19-34-13-7-10-22-14-23-15-24(30(22)34)18-33-12-6-5-11-28(23)33/h2-4,8-9,14,16-17,23-24,28,30,36H,5-7,10-13,15,18-19H2,1H3/t23?,24?,28-,30-/m1/s1. The number of phenolic OH excluding ortho intramolecular Hbond substituents is 1. The van der Waals surface area contributed by atoms with Gasteiger partial charge >= 0.3 is 5.63 Å². The van der Waals surface area contributed by atoms with E-state index in [4.69, 9.17) is 4.42 Å². The third-order valence-corrected chi connectivity index (χ3v) is 9.54. The summed E-state index contributed by atoms with van der Waals surface area (Å²) < 4.78 is 5.63. The van der Waals surface area contributed by atoms with Crippen molar-refractivity contribution in [2.75, 3.05) is 19.6 Å². The minimum atomic E-state index is -0.391. The topological polar surface area (TPSA) is 56.9 Å². The van der Waals surface area contributed by atoms with Crippen LogP contribution in [0.1, 0.15) is 49.7 Å². The number of rotatable bonds is 3. The molecule has 3 fully saturated rings. The number of piperidine rings is 3. The number of aromatic hydroxyl groups is 1. The molecule has 3 aliphatic heterocycles. The van der Waals surface area contributed by atoms with Crippen molar-refractivity contribution in [3.8, 4) is 16.9 Å². The van der Waals surface area contributed by atoms with Crippen LogP contribution in [-0.2, 0) is 6.54 Å². The number of likely N-dealkylation sites (tertiary alicyclic amines) is 1. The number of phenols is 1. The summed E-state index contributed by atoms with van der Waals surface area (Å²) in [6.45, 7) is 6.10. The molecular weight excluding hydrogens is 460 g/mol. The summed E-state index contributed by atoms with van der Waals surface area (Å²) in [4.78, 5) is 17.8. The minimum Gasteiger partial charge on any atom is -0.507 e. The van der Waals surface area contributed by atoms with Crippen molar-refractivity contribution in [2.24, 2.45) is 11.8 Å². The van der Waals surface area contributed by atoms with Gasteiger partial charge in [0.15, 0.2) is 0 Å². The van der Waals surface area contributed by atoms with Crippen molar-refractivity contribution < 1.29 is 9.52 Å². The average molecular weight is 497 g/mol. The van der Waals surface area contributed by atoms with E-state index in [1.165, 1.54) is 51.6 Å². The van der Waals surface area contributed by atoms with Gasteiger partial charge in [-0.15, -0.1) is 0 Å². The van der Waals surface area contributed by atoms with Crippen LogP contribution in [0.4, 0.5) is 0 Å². The molecule has 3 saturated heterocycles. The van der Waals surface area contributed by atoms with E-state index in [-0.39, 0.29) is 5.75 Å². The fourth-order valence-electron chi connectivity index (χ4n) is 7.97. The molecule has 192 valence electrons. The maximum atomic E-state index is 12.4. The Bertz CT molecular complexity index is 1430. The molecule has 1 aromatic heterocycles. The largest absolute Gasteiger partial charge is 0.507 e. The predicted octanol–water partition coefficient (Wildman–Crippen LogP) is 5.87. The number of hydrogen-bond donors (Lipinski definition) is 1. The van der Waals surface area contributed by atoms with Gasteiger partial charge in [0.1, 0.15) is 11.3 Å². The van der Waals surface area contributed by atoms with Gasteiger partial charge in [0.05, 0.1) is 0 Å². The Balaban J connectivity index is 1.27. The van der Waals surface area contributed by atoms with Gasteiger partial charge < -0.3 is 9.52 Å². The maximum Gasteiger partial charge on any atom is 0.336 e. The highest BCUT2D eigenvalue weighted by molar-refractivity contribution is 5.96. The van der Waals surface area contributed by atoms with Gasteiger partial charge in [0.2, 0.25) is 0 Å². The molecule has 1 N–H and O–H groups in total. The first-order valence-corrected chi connectivity index (χ1v) is 14.1. The van der Waals surface area contributed by atoms with E-state index < -0.39 is 5.63 Å². The SMILES string of the molecule is Cc1c(O)c(CN2CCCC3=CC4CC(CN5CCCC[C@H]45)[C@@H]32)cc2c(-c3ccccc3)cc(=O)oc12. The van der Waals surface area contributed by atoms with Crippen LogP contribution in [0.15, 0.2) is 63.3 Å². The predicted molar refractivity (Wildman–Crippen MR) is 147 cm³/mol. The van der Waals surface area contributed by atoms with E-state index >= 15 is 0 Å². The van der Waals surface area contributed by atoms with Gasteiger partial charge in [-0.1, -0.05) is 48.4 Å². The second-order valence-electron chi connectivity index (χ2n) is 11.7. The van der Waals surface area contributed by atoms with Crippen LogP contribution in [-0.4, -0.2) is 46.6 Å². The lowest BCUT2D eigenvalue weighted by Gasteiger charge is -2.54. The molecule has 3 aromatic rings. The Kier molecular flexibility index (Phi) is 5.74. The van der Waals surface area contributed by atoms with Gasteiger partial charge in [-0.3, -0.25) is 9.80 Å². The number of benzene rings is 2. The molecule has 5 nitrogen and oxygen atoms in total. The Labute approximate surface area is 218 Å². The molecule has 0 amide bonds. The first kappa shape index (κ1) is 23.2. The van der Waals surface area contributed by atoms with Gasteiger partial charge in [-0.05, 0) is 81.1 Å². The van der Waals surface area contributed by atoms with E-state index in [1.807, 2.05) is 37.3 Å². The normalized spacial score (nSPS) is 28.0. The Hall–Kier alpha value is -2.89. The van der Waals surface area contributed by atoms with Crippen LogP contribution >= 0.6 is 0 Å². The Morgan fingerprint density at radius 2 is 1.95 bits per heavy atom. The van der Waals surface area contributed by atoms with Crippen LogP contribution in [0.25, 0.3) is 22.1 Å². The number of nitrogens with zero attached hydrogens (tertiary/aromatic N) is 2. The number of aryl methyl sites for hydroxylation is 1. The maximum absolute atomic E-state index is 12.4. The molecule has 5 heteroatoms. The van der Waals surface area contributed by atoms with Gasteiger partial charge in [0, 0.05) is 47.8 Å². The summed E-state index contributed by atoms with van der Waals surface area (Å²) >= 11 is 0. The zero-order valence-electron chi connectivity index (χ0n) is 21.7. The summed E-state index contributed by atoms with van der Waals surface area (Å²) in [7, 11) is 0. The van der Waals surface area contributed by atoms with E-state index in [0.29, 0.717) is 29.7 Å². The summed E-state index contributed by atoms with van der Waals surface area (Å²) in [5.74, 6) is 1.64. The third kappa shape index (κ3) is 3.95. The van der Waals surface area contributed by atoms with Gasteiger partial charge in [0.25, 0.3) is 0 Å². The molecule has 0 radical (unpaired) electrons. The lowest BCUT2D eigenvalue weighted by Crippen LogP contribution is -2.58. The molecule has 0 spiro atoms. The van der Waals surface area contributed by atoms with Crippen LogP contribution < -0.4 is 5.63 Å². The third-order valence-electron chi connectivity index (χ3n) is 9.54. The molecule has 2 unspecified atom stereocenters. The van der Waals surface area contributed by atoms with Crippen molar-refractivity contribution in [2.45, 2.75) is 64.1 Å². The summed E-state index contributed by atoms with van der Waals surface area (Å²) in [5, 5.41) is 12.2. The highest BCUT2D eigenvalue weighted by Gasteiger charge is 2.45. The molecule has 4 atom stereocenters. The smallest absolute Gasteiger partial charge is 0.336 e. The second-order valence-corrected chi connectivity index (χ2v) is 11.7. The van der Waals surface area contributed by atoms with Crippen molar-refractivity contribution in [3.63, 3.8) is 0 Å². The first-order chi connectivity index (χ1) is 18.1. The molecule has 0 saturated carbocycles. The van der Waals surface area contributed by atoms with Crippen LogP contribution in [0.5, 0.6) is 5.75 Å². The second kappa shape index (κ2) is 9.14. The first-order valence-electron chi connectivity index (χ1n) is 14.1. The zero-order valence-corrected chi connectivity index (χ0v) is 21.7. The van der Waals surface area contributed by atoms with Crippen molar-refractivity contribution >= 4 is 11.0 Å². The number of hydrogen-bond acceptors (Lipinski definition) is 5. The lowest BCUT2D eigenvalue weighted by molar-refractivity contribution is -0.00277. The van der Waals surface area contributed by atoms with Crippen LogP contribution in [0.3, 0.4) is 0 Å². The Morgan fingerprint density at radius 3 is 2.81 bits per heavy atom. The van der Waals surface area contributed by atoms with E-state index in [2.05, 4.69) is 21.9 Å². The quantitative estimate of drug-likeness (QED) is 0.363. The van der Waals surface area contributed by atoms with Crippen molar-refractivity contribution in [3.05, 3.63) is 75.7 Å². The molecule has 1 aliphatic carbocycles. The van der Waals surface area contributed by atoms with Crippen molar-refractivity contribution in [1.29, 1.82) is 0 Å². The molecule has 37 heavy (non-hydrogen) atoms. The molecular formula is C32H36N2O3. The average Bonchev–Trinajstić information content (AvgIpc) is 2.92.